The summed E-state index contributed by atoms with van der Waals surface area (Å²) in [5.74, 6) is 0.0668. The highest BCUT2D eigenvalue weighted by molar-refractivity contribution is 6.07. The summed E-state index contributed by atoms with van der Waals surface area (Å²) in [6, 6.07) is 13.8. The van der Waals surface area contributed by atoms with Crippen molar-refractivity contribution < 1.29 is 4.79 Å². The minimum absolute atomic E-state index is 0.0668. The average molecular weight is 343 g/mol. The third-order valence-corrected chi connectivity index (χ3v) is 4.81. The van der Waals surface area contributed by atoms with Crippen LogP contribution in [0.2, 0.25) is 0 Å². The van der Waals surface area contributed by atoms with Crippen LogP contribution in [0.15, 0.2) is 67.0 Å². The van der Waals surface area contributed by atoms with E-state index < -0.39 is 0 Å². The largest absolute Gasteiger partial charge is 0.328 e. The van der Waals surface area contributed by atoms with E-state index in [-0.39, 0.29) is 11.9 Å². The van der Waals surface area contributed by atoms with Gasteiger partial charge in [0.15, 0.2) is 0 Å². The Morgan fingerprint density at radius 3 is 2.92 bits per heavy atom. The molecule has 4 heteroatoms. The Labute approximate surface area is 153 Å². The molecule has 4 rings (SSSR count). The molecule has 0 bridgehead atoms. The summed E-state index contributed by atoms with van der Waals surface area (Å²) < 4.78 is 0. The van der Waals surface area contributed by atoms with Crippen molar-refractivity contribution in [2.45, 2.75) is 25.8 Å². The molecule has 0 N–H and O–H groups in total. The lowest BCUT2D eigenvalue weighted by atomic mass is 10.0. The van der Waals surface area contributed by atoms with Gasteiger partial charge in [-0.2, -0.15) is 0 Å². The number of carbonyl (C=O) groups excluding carboxylic acids is 1. The highest BCUT2D eigenvalue weighted by Gasteiger charge is 2.26. The van der Waals surface area contributed by atoms with E-state index in [0.29, 0.717) is 12.1 Å². The summed E-state index contributed by atoms with van der Waals surface area (Å²) in [5.41, 5.74) is 3.23. The van der Waals surface area contributed by atoms with Crippen molar-refractivity contribution in [2.24, 2.45) is 0 Å². The predicted octanol–water partition coefficient (Wildman–Crippen LogP) is 4.48. The monoisotopic (exact) mass is 343 g/mol. The molecule has 0 spiro atoms. The number of rotatable bonds is 4. The number of carbonyl (C=O) groups is 1. The molecule has 1 atom stereocenters. The smallest absolute Gasteiger partial charge is 0.255 e. The first kappa shape index (κ1) is 16.5. The van der Waals surface area contributed by atoms with Gasteiger partial charge in [0.25, 0.3) is 5.91 Å². The number of fused-ring (bicyclic) bond motifs is 1. The summed E-state index contributed by atoms with van der Waals surface area (Å²) in [6.07, 6.45) is 9.79. The molecule has 1 aliphatic rings. The Hall–Kier alpha value is -3.01. The van der Waals surface area contributed by atoms with E-state index in [1.165, 1.54) is 0 Å². The van der Waals surface area contributed by atoms with Gasteiger partial charge in [-0.25, -0.2) is 4.98 Å². The molecule has 3 heterocycles. The Morgan fingerprint density at radius 2 is 2.12 bits per heavy atom. The molecule has 1 aliphatic heterocycles. The lowest BCUT2D eigenvalue weighted by Gasteiger charge is -2.25. The van der Waals surface area contributed by atoms with Crippen molar-refractivity contribution in [1.82, 2.24) is 14.9 Å². The molecular weight excluding hydrogens is 322 g/mol. The van der Waals surface area contributed by atoms with Gasteiger partial charge in [0.05, 0.1) is 22.8 Å². The molecule has 0 radical (unpaired) electrons. The standard InChI is InChI=1S/C22H21N3O/c1-2-7-17-9-6-13-25(17)22(26)19-14-21(16-8-5-12-23-15-16)24-20-11-4-3-10-18(19)20/h3-6,8-12,14-15,17H,2,7,13H2,1H3/t17-/m0/s1. The van der Waals surface area contributed by atoms with Crippen LogP contribution in [0.1, 0.15) is 30.1 Å². The zero-order valence-corrected chi connectivity index (χ0v) is 14.8. The second-order valence-electron chi connectivity index (χ2n) is 6.56. The number of hydrogen-bond donors (Lipinski definition) is 0. The minimum Gasteiger partial charge on any atom is -0.328 e. The van der Waals surface area contributed by atoms with E-state index >= 15 is 0 Å². The number of nitrogens with zero attached hydrogens (tertiary/aromatic N) is 3. The summed E-state index contributed by atoms with van der Waals surface area (Å²) in [5, 5.41) is 0.896. The first-order valence-corrected chi connectivity index (χ1v) is 9.05. The fourth-order valence-electron chi connectivity index (χ4n) is 3.52. The molecule has 1 amide bonds. The molecule has 3 aromatic rings. The molecule has 0 saturated heterocycles. The van der Waals surface area contributed by atoms with Crippen LogP contribution >= 0.6 is 0 Å². The highest BCUT2D eigenvalue weighted by Crippen LogP contribution is 2.27. The molecular formula is C22H21N3O. The molecule has 2 aromatic heterocycles. The van der Waals surface area contributed by atoms with Crippen LogP contribution in [-0.2, 0) is 0 Å². The molecule has 130 valence electrons. The third-order valence-electron chi connectivity index (χ3n) is 4.81. The number of benzene rings is 1. The fourth-order valence-corrected chi connectivity index (χ4v) is 3.52. The average Bonchev–Trinajstić information content (AvgIpc) is 3.16. The van der Waals surface area contributed by atoms with Crippen molar-refractivity contribution >= 4 is 16.8 Å². The minimum atomic E-state index is 0.0668. The van der Waals surface area contributed by atoms with Crippen molar-refractivity contribution in [3.63, 3.8) is 0 Å². The van der Waals surface area contributed by atoms with Crippen LogP contribution in [0.5, 0.6) is 0 Å². The van der Waals surface area contributed by atoms with E-state index in [4.69, 9.17) is 4.98 Å². The van der Waals surface area contributed by atoms with Crippen molar-refractivity contribution in [3.05, 3.63) is 72.6 Å². The van der Waals surface area contributed by atoms with Crippen LogP contribution in [-0.4, -0.2) is 33.4 Å². The van der Waals surface area contributed by atoms with E-state index in [2.05, 4.69) is 24.1 Å². The Kier molecular flexibility index (Phi) is 4.48. The maximum Gasteiger partial charge on any atom is 0.255 e. The van der Waals surface area contributed by atoms with Gasteiger partial charge in [0.1, 0.15) is 0 Å². The quantitative estimate of drug-likeness (QED) is 0.656. The first-order chi connectivity index (χ1) is 12.8. The molecule has 0 saturated carbocycles. The van der Waals surface area contributed by atoms with Gasteiger partial charge in [-0.05, 0) is 30.7 Å². The molecule has 0 unspecified atom stereocenters. The molecule has 0 aliphatic carbocycles. The summed E-state index contributed by atoms with van der Waals surface area (Å²) in [7, 11) is 0. The molecule has 4 nitrogen and oxygen atoms in total. The zero-order chi connectivity index (χ0) is 17.9. The highest BCUT2D eigenvalue weighted by atomic mass is 16.2. The lowest BCUT2D eigenvalue weighted by molar-refractivity contribution is 0.0746. The van der Waals surface area contributed by atoms with E-state index in [1.54, 1.807) is 12.4 Å². The lowest BCUT2D eigenvalue weighted by Crippen LogP contribution is -2.36. The number of aromatic nitrogens is 2. The van der Waals surface area contributed by atoms with Gasteiger partial charge in [-0.3, -0.25) is 9.78 Å². The molecule has 0 fully saturated rings. The van der Waals surface area contributed by atoms with Gasteiger partial charge >= 0.3 is 0 Å². The van der Waals surface area contributed by atoms with Crippen molar-refractivity contribution in [3.8, 4) is 11.3 Å². The number of pyridine rings is 2. The topological polar surface area (TPSA) is 46.1 Å². The van der Waals surface area contributed by atoms with E-state index in [1.807, 2.05) is 47.4 Å². The zero-order valence-electron chi connectivity index (χ0n) is 14.8. The Balaban J connectivity index is 1.82. The normalized spacial score (nSPS) is 16.3. The number of para-hydroxylation sites is 1. The first-order valence-electron chi connectivity index (χ1n) is 9.05. The van der Waals surface area contributed by atoms with Gasteiger partial charge in [0.2, 0.25) is 0 Å². The van der Waals surface area contributed by atoms with Crippen LogP contribution < -0.4 is 0 Å². The summed E-state index contributed by atoms with van der Waals surface area (Å²) in [4.78, 5) is 24.3. The third kappa shape index (κ3) is 2.99. The maximum absolute atomic E-state index is 13.4. The second kappa shape index (κ2) is 7.08. The van der Waals surface area contributed by atoms with Gasteiger partial charge in [-0.1, -0.05) is 43.7 Å². The second-order valence-corrected chi connectivity index (χ2v) is 6.56. The van der Waals surface area contributed by atoms with Crippen molar-refractivity contribution in [2.75, 3.05) is 6.54 Å². The van der Waals surface area contributed by atoms with E-state index in [0.717, 1.165) is 35.0 Å². The number of hydrogen-bond acceptors (Lipinski definition) is 3. The molecule has 1 aromatic carbocycles. The van der Waals surface area contributed by atoms with Crippen LogP contribution in [0.4, 0.5) is 0 Å². The maximum atomic E-state index is 13.4. The van der Waals surface area contributed by atoms with Gasteiger partial charge in [0, 0.05) is 29.9 Å². The van der Waals surface area contributed by atoms with Crippen LogP contribution in [0, 0.1) is 0 Å². The fraction of sp³-hybridized carbons (Fsp3) is 0.227. The number of amides is 1. The summed E-state index contributed by atoms with van der Waals surface area (Å²) >= 11 is 0. The summed E-state index contributed by atoms with van der Waals surface area (Å²) in [6.45, 7) is 2.82. The van der Waals surface area contributed by atoms with Gasteiger partial charge < -0.3 is 4.90 Å². The predicted molar refractivity (Wildman–Crippen MR) is 104 cm³/mol. The Bertz CT molecular complexity index is 966. The van der Waals surface area contributed by atoms with Crippen LogP contribution in [0.3, 0.4) is 0 Å². The van der Waals surface area contributed by atoms with Crippen molar-refractivity contribution in [1.29, 1.82) is 0 Å². The van der Waals surface area contributed by atoms with Crippen LogP contribution in [0.25, 0.3) is 22.2 Å². The van der Waals surface area contributed by atoms with Gasteiger partial charge in [-0.15, -0.1) is 0 Å². The SMILES string of the molecule is CCC[C@H]1C=CCN1C(=O)c1cc(-c2cccnc2)nc2ccccc12. The van der Waals surface area contributed by atoms with E-state index in [9.17, 15) is 4.79 Å². The Morgan fingerprint density at radius 1 is 1.23 bits per heavy atom. The molecule has 26 heavy (non-hydrogen) atoms.